The highest BCUT2D eigenvalue weighted by atomic mass is 32.1. The number of halogens is 3. The smallest absolute Gasteiger partial charge is 0.308 e. The number of aryl methyl sites for hydroxylation is 2. The van der Waals surface area contributed by atoms with Crippen LogP contribution in [0.2, 0.25) is 0 Å². The lowest BCUT2D eigenvalue weighted by Gasteiger charge is -2.12. The lowest BCUT2D eigenvalue weighted by molar-refractivity contribution is -0.138. The van der Waals surface area contributed by atoms with Crippen LogP contribution in [-0.4, -0.2) is 0 Å². The van der Waals surface area contributed by atoms with Gasteiger partial charge in [0, 0.05) is 22.8 Å². The van der Waals surface area contributed by atoms with Crippen molar-refractivity contribution in [2.75, 3.05) is 0 Å². The highest BCUT2D eigenvalue weighted by Gasteiger charge is 2.32. The molecular formula is C16H16F3NS. The van der Waals surface area contributed by atoms with E-state index in [0.717, 1.165) is 18.9 Å². The first kappa shape index (κ1) is 14.6. The number of nitrogens with one attached hydrogen (secondary N) is 1. The molecule has 1 aromatic carbocycles. The number of hydrogen-bond acceptors (Lipinski definition) is 2. The third kappa shape index (κ3) is 3.30. The van der Waals surface area contributed by atoms with E-state index in [0.29, 0.717) is 12.1 Å². The summed E-state index contributed by atoms with van der Waals surface area (Å²) in [7, 11) is 0. The van der Waals surface area contributed by atoms with Crippen LogP contribution in [0.3, 0.4) is 0 Å². The van der Waals surface area contributed by atoms with E-state index >= 15 is 0 Å². The molecule has 112 valence electrons. The Labute approximate surface area is 125 Å². The van der Waals surface area contributed by atoms with Crippen LogP contribution < -0.4 is 5.32 Å². The second-order valence-electron chi connectivity index (χ2n) is 5.27. The number of benzene rings is 1. The van der Waals surface area contributed by atoms with Crippen molar-refractivity contribution in [1.82, 2.24) is 5.32 Å². The summed E-state index contributed by atoms with van der Waals surface area (Å²) in [6.07, 6.45) is -0.768. The van der Waals surface area contributed by atoms with Gasteiger partial charge in [-0.25, -0.2) is 0 Å². The van der Waals surface area contributed by atoms with E-state index in [2.05, 4.69) is 11.4 Å². The van der Waals surface area contributed by atoms with Crippen molar-refractivity contribution >= 4 is 11.3 Å². The molecule has 2 aromatic rings. The molecule has 0 bridgehead atoms. The van der Waals surface area contributed by atoms with Crippen LogP contribution >= 0.6 is 11.3 Å². The van der Waals surface area contributed by atoms with E-state index in [1.165, 1.54) is 33.9 Å². The molecule has 0 aliphatic heterocycles. The average molecular weight is 311 g/mol. The highest BCUT2D eigenvalue weighted by Crippen LogP contribution is 2.32. The van der Waals surface area contributed by atoms with Gasteiger partial charge in [0.05, 0.1) is 5.56 Å². The molecule has 0 atom stereocenters. The van der Waals surface area contributed by atoms with Gasteiger partial charge in [-0.05, 0) is 42.5 Å². The van der Waals surface area contributed by atoms with E-state index < -0.39 is 11.7 Å². The molecule has 3 rings (SSSR count). The molecule has 1 aliphatic carbocycles. The van der Waals surface area contributed by atoms with Crippen molar-refractivity contribution in [1.29, 1.82) is 0 Å². The predicted molar refractivity (Wildman–Crippen MR) is 78.3 cm³/mol. The van der Waals surface area contributed by atoms with E-state index in [4.69, 9.17) is 0 Å². The molecule has 1 heterocycles. The molecule has 0 radical (unpaired) electrons. The van der Waals surface area contributed by atoms with Gasteiger partial charge in [-0.1, -0.05) is 18.2 Å². The number of hydrogen-bond donors (Lipinski definition) is 1. The molecule has 0 saturated heterocycles. The van der Waals surface area contributed by atoms with Gasteiger partial charge in [0.1, 0.15) is 0 Å². The van der Waals surface area contributed by atoms with Crippen molar-refractivity contribution in [3.63, 3.8) is 0 Å². The van der Waals surface area contributed by atoms with Gasteiger partial charge in [-0.15, -0.1) is 11.3 Å². The van der Waals surface area contributed by atoms with Gasteiger partial charge < -0.3 is 5.32 Å². The van der Waals surface area contributed by atoms with Gasteiger partial charge in [0.25, 0.3) is 0 Å². The van der Waals surface area contributed by atoms with Gasteiger partial charge in [0.15, 0.2) is 0 Å². The first-order valence-corrected chi connectivity index (χ1v) is 7.82. The SMILES string of the molecule is FC(F)(F)c1ccccc1CNCc1cc2c(s1)CCC2. The first-order valence-electron chi connectivity index (χ1n) is 7.00. The van der Waals surface area contributed by atoms with Crippen LogP contribution in [0.25, 0.3) is 0 Å². The monoisotopic (exact) mass is 311 g/mol. The average Bonchev–Trinajstić information content (AvgIpc) is 2.99. The van der Waals surface area contributed by atoms with Gasteiger partial charge >= 0.3 is 6.18 Å². The van der Waals surface area contributed by atoms with Gasteiger partial charge in [-0.3, -0.25) is 0 Å². The van der Waals surface area contributed by atoms with Gasteiger partial charge in [0.2, 0.25) is 0 Å². The first-order chi connectivity index (χ1) is 10.0. The van der Waals surface area contributed by atoms with Crippen molar-refractivity contribution in [3.8, 4) is 0 Å². The Morgan fingerprint density at radius 1 is 1.10 bits per heavy atom. The van der Waals surface area contributed by atoms with Crippen LogP contribution in [0.5, 0.6) is 0 Å². The standard InChI is InChI=1S/C16H16F3NS/c17-16(18,19)14-6-2-1-4-12(14)9-20-10-13-8-11-5-3-7-15(11)21-13/h1-2,4,6,8,20H,3,5,7,9-10H2. The summed E-state index contributed by atoms with van der Waals surface area (Å²) < 4.78 is 38.6. The molecule has 0 unspecified atom stereocenters. The molecule has 1 aliphatic rings. The molecule has 1 aromatic heterocycles. The molecule has 0 amide bonds. The third-order valence-electron chi connectivity index (χ3n) is 3.74. The zero-order chi connectivity index (χ0) is 14.9. The number of fused-ring (bicyclic) bond motifs is 1. The van der Waals surface area contributed by atoms with Crippen molar-refractivity contribution in [2.24, 2.45) is 0 Å². The molecule has 1 N–H and O–H groups in total. The Hall–Kier alpha value is -1.33. The summed E-state index contributed by atoms with van der Waals surface area (Å²) in [5, 5.41) is 3.13. The summed E-state index contributed by atoms with van der Waals surface area (Å²) in [5.74, 6) is 0. The molecule has 0 fully saturated rings. The lowest BCUT2D eigenvalue weighted by atomic mass is 10.1. The zero-order valence-electron chi connectivity index (χ0n) is 11.5. The highest BCUT2D eigenvalue weighted by molar-refractivity contribution is 7.12. The van der Waals surface area contributed by atoms with E-state index in [1.54, 1.807) is 17.4 Å². The molecule has 0 saturated carbocycles. The summed E-state index contributed by atoms with van der Waals surface area (Å²) in [4.78, 5) is 2.66. The second-order valence-corrected chi connectivity index (χ2v) is 6.49. The maximum Gasteiger partial charge on any atom is 0.416 e. The van der Waals surface area contributed by atoms with E-state index in [1.807, 2.05) is 0 Å². The number of alkyl halides is 3. The van der Waals surface area contributed by atoms with Crippen LogP contribution in [-0.2, 0) is 32.1 Å². The van der Waals surface area contributed by atoms with Gasteiger partial charge in [-0.2, -0.15) is 13.2 Å². The van der Waals surface area contributed by atoms with Crippen molar-refractivity contribution in [3.05, 3.63) is 56.8 Å². The fourth-order valence-corrected chi connectivity index (χ4v) is 3.98. The zero-order valence-corrected chi connectivity index (χ0v) is 12.3. The Bertz CT molecular complexity index is 609. The minimum atomic E-state index is -4.29. The molecule has 1 nitrogen and oxygen atoms in total. The van der Waals surface area contributed by atoms with E-state index in [-0.39, 0.29) is 6.54 Å². The maximum absolute atomic E-state index is 12.9. The Morgan fingerprint density at radius 2 is 1.90 bits per heavy atom. The largest absolute Gasteiger partial charge is 0.416 e. The van der Waals surface area contributed by atoms with Crippen LogP contribution in [0, 0.1) is 0 Å². The Balaban J connectivity index is 1.63. The topological polar surface area (TPSA) is 12.0 Å². The summed E-state index contributed by atoms with van der Waals surface area (Å²) in [6, 6.07) is 7.93. The summed E-state index contributed by atoms with van der Waals surface area (Å²) in [6.45, 7) is 0.863. The summed E-state index contributed by atoms with van der Waals surface area (Å²) in [5.41, 5.74) is 1.17. The molecular weight excluding hydrogens is 295 g/mol. The number of rotatable bonds is 4. The molecule has 5 heteroatoms. The third-order valence-corrected chi connectivity index (χ3v) is 4.97. The van der Waals surface area contributed by atoms with Crippen LogP contribution in [0.1, 0.15) is 32.9 Å². The Morgan fingerprint density at radius 3 is 2.67 bits per heavy atom. The lowest BCUT2D eigenvalue weighted by Crippen LogP contribution is -2.16. The fraction of sp³-hybridized carbons (Fsp3) is 0.375. The number of thiophene rings is 1. The Kier molecular flexibility index (Phi) is 4.04. The van der Waals surface area contributed by atoms with Crippen molar-refractivity contribution in [2.45, 2.75) is 38.5 Å². The molecule has 21 heavy (non-hydrogen) atoms. The van der Waals surface area contributed by atoms with Crippen LogP contribution in [0.15, 0.2) is 30.3 Å². The normalized spacial score (nSPS) is 14.4. The maximum atomic E-state index is 12.9. The van der Waals surface area contributed by atoms with E-state index in [9.17, 15) is 13.2 Å². The summed E-state index contributed by atoms with van der Waals surface area (Å²) >= 11 is 1.78. The fourth-order valence-electron chi connectivity index (χ4n) is 2.75. The quantitative estimate of drug-likeness (QED) is 0.874. The minimum absolute atomic E-state index is 0.234. The van der Waals surface area contributed by atoms with Crippen LogP contribution in [0.4, 0.5) is 13.2 Å². The molecule has 0 spiro atoms. The predicted octanol–water partition coefficient (Wildman–Crippen LogP) is 4.55. The van der Waals surface area contributed by atoms with Crippen molar-refractivity contribution < 1.29 is 13.2 Å². The minimum Gasteiger partial charge on any atom is -0.308 e. The second kappa shape index (κ2) is 5.81.